The van der Waals surface area contributed by atoms with E-state index < -0.39 is 90.8 Å². The van der Waals surface area contributed by atoms with Crippen LogP contribution >= 0.6 is 7.82 Å². The van der Waals surface area contributed by atoms with E-state index in [1.807, 2.05) is 0 Å². The van der Waals surface area contributed by atoms with Gasteiger partial charge in [0.15, 0.2) is 17.2 Å². The summed E-state index contributed by atoms with van der Waals surface area (Å²) in [5.74, 6) is -5.30. The maximum absolute atomic E-state index is 17.3. The molecule has 0 bridgehead atoms. The molecular weight excluding hydrogens is 442 g/mol. The van der Waals surface area contributed by atoms with E-state index in [1.54, 1.807) is 0 Å². The average molecular weight is 476 g/mol. The molecule has 4 aliphatic carbocycles. The van der Waals surface area contributed by atoms with Gasteiger partial charge < -0.3 is 20.0 Å². The molecule has 178 valence electrons. The molecule has 0 radical (unpaired) electrons. The SMILES string of the molecule is [2H]C1=C2C([2H])C[C@H]3[C@@H]4C[C@@H](C)[C@](O)(C(=O)C([2H])([2H])OP(=O)(O)O)[C@@]4(C)C[C@H](O)[C@]3(F)[C@@]2(C)C=CC1=O. The Kier molecular flexibility index (Phi) is 4.27. The lowest BCUT2D eigenvalue weighted by Gasteiger charge is -2.62. The molecule has 32 heavy (non-hydrogen) atoms. The Morgan fingerprint density at radius 1 is 1.44 bits per heavy atom. The minimum absolute atomic E-state index is 0.00792. The standard InChI is InChI=1S/C22H30FO8P/c1-12-8-16-15-5-4-13-9-14(24)6-7-19(13,2)21(15,23)17(25)10-20(16,3)22(12,27)18(26)11-31-32(28,29)30/h6-7,9,12,15-17,25,27H,4-5,8,10-11H2,1-3H3,(H2,28,29,30)/t12-,15+,16+,17+,19+,20+,21+,22+/m1/s1/i4D,9D,11D2/t4?,12-,15+,16+,17+,19+,20+,21+,22+. The number of aliphatic hydroxyl groups excluding tert-OH is 1. The maximum atomic E-state index is 17.3. The van der Waals surface area contributed by atoms with Crippen molar-refractivity contribution in [3.05, 3.63) is 23.8 Å². The molecule has 0 aromatic heterocycles. The molecule has 10 heteroatoms. The minimum atomic E-state index is -5.48. The predicted octanol–water partition coefficient (Wildman–Crippen LogP) is 2.01. The number of ketones is 2. The summed E-state index contributed by atoms with van der Waals surface area (Å²) in [6.45, 7) is 0.657. The third-order valence-electron chi connectivity index (χ3n) is 8.50. The van der Waals surface area contributed by atoms with Gasteiger partial charge in [-0.2, -0.15) is 0 Å². The summed E-state index contributed by atoms with van der Waals surface area (Å²) in [6.07, 6.45) is -1.46. The number of carbonyl (C=O) groups excluding carboxylic acids is 2. The van der Waals surface area contributed by atoms with Crippen LogP contribution in [0.25, 0.3) is 0 Å². The van der Waals surface area contributed by atoms with Gasteiger partial charge in [-0.15, -0.1) is 0 Å². The van der Waals surface area contributed by atoms with Gasteiger partial charge in [0.05, 0.1) is 10.2 Å². The van der Waals surface area contributed by atoms with Gasteiger partial charge in [0.1, 0.15) is 12.2 Å². The summed E-state index contributed by atoms with van der Waals surface area (Å²) in [5, 5.41) is 23.0. The summed E-state index contributed by atoms with van der Waals surface area (Å²) in [6, 6.07) is -0.495. The largest absolute Gasteiger partial charge is 0.470 e. The van der Waals surface area contributed by atoms with Crippen molar-refractivity contribution in [1.82, 2.24) is 0 Å². The zero-order valence-corrected chi connectivity index (χ0v) is 18.8. The number of allylic oxidation sites excluding steroid dienone is 4. The van der Waals surface area contributed by atoms with Crippen molar-refractivity contribution in [3.8, 4) is 0 Å². The second-order valence-electron chi connectivity index (χ2n) is 9.91. The summed E-state index contributed by atoms with van der Waals surface area (Å²) in [5.41, 5.74) is -8.43. The van der Waals surface area contributed by atoms with Crippen molar-refractivity contribution < 1.29 is 48.6 Å². The molecule has 8 nitrogen and oxygen atoms in total. The van der Waals surface area contributed by atoms with Crippen LogP contribution in [-0.2, 0) is 18.7 Å². The summed E-state index contributed by atoms with van der Waals surface area (Å²) in [4.78, 5) is 43.6. The molecule has 0 saturated heterocycles. The van der Waals surface area contributed by atoms with Crippen LogP contribution in [0.1, 0.15) is 51.9 Å². The number of Topliss-reactive ketones (excluding diaryl/α,β-unsaturated/α-hetero) is 1. The first-order valence-electron chi connectivity index (χ1n) is 12.5. The van der Waals surface area contributed by atoms with Crippen molar-refractivity contribution in [2.24, 2.45) is 28.6 Å². The van der Waals surface area contributed by atoms with Crippen molar-refractivity contribution in [2.45, 2.75) is 63.8 Å². The van der Waals surface area contributed by atoms with Crippen molar-refractivity contribution in [3.63, 3.8) is 0 Å². The number of halogens is 1. The molecular formula is C22H30FO8P. The molecule has 4 rings (SSSR count). The van der Waals surface area contributed by atoms with E-state index in [-0.39, 0.29) is 18.4 Å². The molecule has 3 saturated carbocycles. The van der Waals surface area contributed by atoms with Gasteiger partial charge >= 0.3 is 7.82 Å². The maximum Gasteiger partial charge on any atom is 0.470 e. The van der Waals surface area contributed by atoms with E-state index in [0.29, 0.717) is 0 Å². The Balaban J connectivity index is 1.84. The predicted molar refractivity (Wildman–Crippen MR) is 111 cm³/mol. The van der Waals surface area contributed by atoms with Gasteiger partial charge in [0, 0.05) is 18.1 Å². The van der Waals surface area contributed by atoms with Crippen molar-refractivity contribution in [2.75, 3.05) is 6.56 Å². The number of hydrogen-bond acceptors (Lipinski definition) is 6. The number of phosphoric ester groups is 1. The normalized spacial score (nSPS) is 52.9. The Morgan fingerprint density at radius 3 is 2.72 bits per heavy atom. The van der Waals surface area contributed by atoms with E-state index in [2.05, 4.69) is 4.52 Å². The third-order valence-corrected chi connectivity index (χ3v) is 8.83. The van der Waals surface area contributed by atoms with E-state index >= 15 is 4.39 Å². The first kappa shape index (κ1) is 19.1. The highest BCUT2D eigenvalue weighted by molar-refractivity contribution is 7.46. The minimum Gasteiger partial charge on any atom is -0.390 e. The highest BCUT2D eigenvalue weighted by atomic mass is 31.2. The monoisotopic (exact) mass is 476 g/mol. The van der Waals surface area contributed by atoms with Gasteiger partial charge in [-0.25, -0.2) is 8.96 Å². The summed E-state index contributed by atoms with van der Waals surface area (Å²) >= 11 is 0. The number of alkyl halides is 1. The van der Waals surface area contributed by atoms with Crippen LogP contribution in [0, 0.1) is 28.6 Å². The fraction of sp³-hybridized carbons (Fsp3) is 0.727. The number of hydrogen-bond donors (Lipinski definition) is 4. The van der Waals surface area contributed by atoms with Crippen LogP contribution in [0.15, 0.2) is 23.8 Å². The quantitative estimate of drug-likeness (QED) is 0.452. The summed E-state index contributed by atoms with van der Waals surface area (Å²) in [7, 11) is -5.48. The molecule has 0 spiro atoms. The Labute approximate surface area is 191 Å². The van der Waals surface area contributed by atoms with Gasteiger partial charge in [-0.3, -0.25) is 14.1 Å². The number of rotatable bonds is 4. The average Bonchev–Trinajstić information content (AvgIpc) is 2.92. The molecule has 9 atom stereocenters. The Bertz CT molecular complexity index is 1140. The lowest BCUT2D eigenvalue weighted by Crippen LogP contribution is -2.69. The van der Waals surface area contributed by atoms with Crippen molar-refractivity contribution in [1.29, 1.82) is 0 Å². The first-order chi connectivity index (χ1) is 16.2. The number of carbonyl (C=O) groups is 2. The van der Waals surface area contributed by atoms with E-state index in [0.717, 1.165) is 6.08 Å². The van der Waals surface area contributed by atoms with Gasteiger partial charge in [-0.1, -0.05) is 25.5 Å². The highest BCUT2D eigenvalue weighted by Gasteiger charge is 2.75. The van der Waals surface area contributed by atoms with Gasteiger partial charge in [0.25, 0.3) is 0 Å². The number of fused-ring (bicyclic) bond motifs is 5. The molecule has 0 aliphatic heterocycles. The van der Waals surface area contributed by atoms with Crippen LogP contribution in [0.5, 0.6) is 0 Å². The van der Waals surface area contributed by atoms with Crippen LogP contribution < -0.4 is 0 Å². The molecule has 4 N–H and O–H groups in total. The van der Waals surface area contributed by atoms with E-state index in [9.17, 15) is 24.4 Å². The van der Waals surface area contributed by atoms with Crippen LogP contribution in [0.4, 0.5) is 4.39 Å². The van der Waals surface area contributed by atoms with Crippen LogP contribution in [0.2, 0.25) is 0 Å². The van der Waals surface area contributed by atoms with Crippen molar-refractivity contribution >= 4 is 19.4 Å². The number of aliphatic hydroxyl groups is 2. The number of phosphoric acid groups is 1. The van der Waals surface area contributed by atoms with E-state index in [4.69, 9.17) is 15.3 Å². The third kappa shape index (κ3) is 2.95. The van der Waals surface area contributed by atoms with Crippen LogP contribution in [-0.4, -0.2) is 55.5 Å². The smallest absolute Gasteiger partial charge is 0.390 e. The molecule has 4 aliphatic rings. The molecule has 0 amide bonds. The van der Waals surface area contributed by atoms with Crippen LogP contribution in [0.3, 0.4) is 0 Å². The second-order valence-corrected chi connectivity index (χ2v) is 11.1. The van der Waals surface area contributed by atoms with E-state index in [1.165, 1.54) is 26.8 Å². The molecule has 0 aromatic rings. The Hall–Kier alpha value is -1.22. The topological polar surface area (TPSA) is 141 Å². The second kappa shape index (κ2) is 7.14. The van der Waals surface area contributed by atoms with Gasteiger partial charge in [-0.05, 0) is 56.5 Å². The molecule has 0 heterocycles. The summed E-state index contributed by atoms with van der Waals surface area (Å²) < 4.78 is 65.2. The fourth-order valence-corrected chi connectivity index (χ4v) is 7.07. The lowest BCUT2D eigenvalue weighted by molar-refractivity contribution is -0.219. The van der Waals surface area contributed by atoms with Gasteiger partial charge in [0.2, 0.25) is 0 Å². The molecule has 0 aromatic carbocycles. The Morgan fingerprint density at radius 2 is 2.09 bits per heavy atom. The zero-order chi connectivity index (χ0) is 27.4. The zero-order valence-electron chi connectivity index (χ0n) is 21.9. The first-order valence-corrected chi connectivity index (χ1v) is 12.0. The molecule has 1 unspecified atom stereocenters. The lowest BCUT2D eigenvalue weighted by atomic mass is 9.44. The molecule has 3 fully saturated rings. The fourth-order valence-electron chi connectivity index (χ4n) is 6.87. The highest BCUT2D eigenvalue weighted by Crippen LogP contribution is 2.70.